The predicted molar refractivity (Wildman–Crippen MR) is 96.6 cm³/mol. The Kier molecular flexibility index (Phi) is 5.84. The fraction of sp³-hybridized carbons (Fsp3) is 0.588. The largest absolute Gasteiger partial charge is 0.353 e. The van der Waals surface area contributed by atoms with Crippen molar-refractivity contribution in [1.29, 1.82) is 0 Å². The molecule has 24 heavy (non-hydrogen) atoms. The average molecular weight is 369 g/mol. The number of benzene rings is 1. The molecule has 132 valence electrons. The first kappa shape index (κ1) is 17.8. The maximum absolute atomic E-state index is 12.1. The second-order valence-corrected chi connectivity index (χ2v) is 9.43. The van der Waals surface area contributed by atoms with Crippen LogP contribution in [0.5, 0.6) is 0 Å². The Morgan fingerprint density at radius 1 is 1.04 bits per heavy atom. The van der Waals surface area contributed by atoms with Crippen molar-refractivity contribution in [1.82, 2.24) is 10.0 Å². The first-order valence-corrected chi connectivity index (χ1v) is 11.1. The van der Waals surface area contributed by atoms with Gasteiger partial charge in [-0.2, -0.15) is 11.8 Å². The minimum atomic E-state index is -3.40. The van der Waals surface area contributed by atoms with Crippen LogP contribution in [0.3, 0.4) is 0 Å². The summed E-state index contributed by atoms with van der Waals surface area (Å²) in [5.41, 5.74) is 0.981. The molecular formula is C17H24N2O3S2. The molecule has 1 saturated heterocycles. The Morgan fingerprint density at radius 2 is 1.71 bits per heavy atom. The van der Waals surface area contributed by atoms with Crippen molar-refractivity contribution in [2.45, 2.75) is 55.5 Å². The number of amides is 1. The number of hydrogen-bond acceptors (Lipinski definition) is 4. The minimum absolute atomic E-state index is 0.0824. The summed E-state index contributed by atoms with van der Waals surface area (Å²) in [6.45, 7) is 0. The van der Waals surface area contributed by atoms with Gasteiger partial charge in [0.1, 0.15) is 0 Å². The van der Waals surface area contributed by atoms with E-state index in [1.54, 1.807) is 24.3 Å². The van der Waals surface area contributed by atoms with Gasteiger partial charge in [-0.05, 0) is 61.3 Å². The van der Waals surface area contributed by atoms with Crippen molar-refractivity contribution in [2.24, 2.45) is 0 Å². The highest BCUT2D eigenvalue weighted by atomic mass is 32.2. The number of rotatable bonds is 7. The van der Waals surface area contributed by atoms with Gasteiger partial charge in [-0.15, -0.1) is 0 Å². The highest BCUT2D eigenvalue weighted by Gasteiger charge is 2.27. The van der Waals surface area contributed by atoms with Gasteiger partial charge < -0.3 is 5.32 Å². The van der Waals surface area contributed by atoms with Gasteiger partial charge in [0.25, 0.3) is 0 Å². The highest BCUT2D eigenvalue weighted by Crippen LogP contribution is 2.22. The summed E-state index contributed by atoms with van der Waals surface area (Å²) in [5.74, 6) is 2.32. The lowest BCUT2D eigenvalue weighted by Gasteiger charge is -2.22. The smallest absolute Gasteiger partial charge is 0.240 e. The molecule has 1 heterocycles. The Balaban J connectivity index is 1.47. The monoisotopic (exact) mass is 368 g/mol. The second kappa shape index (κ2) is 7.89. The van der Waals surface area contributed by atoms with Gasteiger partial charge in [-0.1, -0.05) is 12.1 Å². The average Bonchev–Trinajstić information content (AvgIpc) is 3.37. The molecule has 0 unspecified atom stereocenters. The summed E-state index contributed by atoms with van der Waals surface area (Å²) >= 11 is 1.94. The van der Waals surface area contributed by atoms with E-state index in [2.05, 4.69) is 10.0 Å². The Morgan fingerprint density at radius 3 is 2.33 bits per heavy atom. The van der Waals surface area contributed by atoms with Gasteiger partial charge in [0, 0.05) is 18.5 Å². The molecule has 3 rings (SSSR count). The number of carbonyl (C=O) groups excluding carboxylic acids is 1. The summed E-state index contributed by atoms with van der Waals surface area (Å²) in [6.07, 6.45) is 5.02. The molecule has 2 fully saturated rings. The van der Waals surface area contributed by atoms with Crippen molar-refractivity contribution >= 4 is 27.7 Å². The number of sulfonamides is 1. The van der Waals surface area contributed by atoms with Gasteiger partial charge in [0.2, 0.25) is 15.9 Å². The maximum atomic E-state index is 12.1. The summed E-state index contributed by atoms with van der Waals surface area (Å²) < 4.78 is 26.9. The van der Waals surface area contributed by atoms with Crippen LogP contribution in [0.2, 0.25) is 0 Å². The van der Waals surface area contributed by atoms with Crippen LogP contribution in [0.4, 0.5) is 0 Å². The van der Waals surface area contributed by atoms with Crippen LogP contribution in [0.15, 0.2) is 29.2 Å². The molecule has 0 atom stereocenters. The van der Waals surface area contributed by atoms with Crippen LogP contribution in [0.1, 0.15) is 37.7 Å². The molecule has 1 saturated carbocycles. The van der Waals surface area contributed by atoms with Crippen LogP contribution in [-0.4, -0.2) is 37.9 Å². The summed E-state index contributed by atoms with van der Waals surface area (Å²) in [6, 6.07) is 7.27. The van der Waals surface area contributed by atoms with Crippen LogP contribution < -0.4 is 10.0 Å². The fourth-order valence-corrected chi connectivity index (χ4v) is 5.14. The molecule has 1 aromatic rings. The van der Waals surface area contributed by atoms with Crippen molar-refractivity contribution < 1.29 is 13.2 Å². The normalized spacial score (nSPS) is 19.2. The van der Waals surface area contributed by atoms with Crippen LogP contribution in [-0.2, 0) is 21.2 Å². The van der Waals surface area contributed by atoms with E-state index in [1.807, 2.05) is 11.8 Å². The quantitative estimate of drug-likeness (QED) is 0.773. The number of hydrogen-bond donors (Lipinski definition) is 2. The zero-order valence-electron chi connectivity index (χ0n) is 13.7. The Bertz CT molecular complexity index is 664. The number of nitrogens with one attached hydrogen (secondary N) is 2. The van der Waals surface area contributed by atoms with Crippen LogP contribution in [0, 0.1) is 0 Å². The lowest BCUT2D eigenvalue weighted by atomic mass is 10.1. The highest BCUT2D eigenvalue weighted by molar-refractivity contribution is 7.99. The van der Waals surface area contributed by atoms with E-state index in [0.29, 0.717) is 23.8 Å². The zero-order chi connectivity index (χ0) is 17.0. The molecule has 7 heteroatoms. The van der Waals surface area contributed by atoms with Crippen molar-refractivity contribution in [3.05, 3.63) is 29.8 Å². The van der Waals surface area contributed by atoms with Gasteiger partial charge >= 0.3 is 0 Å². The molecule has 2 N–H and O–H groups in total. The molecule has 1 aliphatic heterocycles. The molecule has 0 radical (unpaired) electrons. The lowest BCUT2D eigenvalue weighted by Crippen LogP contribution is -2.37. The maximum Gasteiger partial charge on any atom is 0.240 e. The van der Waals surface area contributed by atoms with E-state index in [9.17, 15) is 13.2 Å². The molecule has 2 aliphatic rings. The van der Waals surface area contributed by atoms with Gasteiger partial charge in [-0.3, -0.25) is 4.79 Å². The van der Waals surface area contributed by atoms with E-state index in [0.717, 1.165) is 42.8 Å². The predicted octanol–water partition coefficient (Wildman–Crippen LogP) is 2.07. The van der Waals surface area contributed by atoms with E-state index in [-0.39, 0.29) is 11.9 Å². The van der Waals surface area contributed by atoms with Crippen molar-refractivity contribution in [2.75, 3.05) is 11.5 Å². The molecule has 1 aromatic carbocycles. The third-order valence-corrected chi connectivity index (χ3v) is 6.95. The van der Waals surface area contributed by atoms with E-state index >= 15 is 0 Å². The number of aryl methyl sites for hydroxylation is 1. The molecule has 1 amide bonds. The van der Waals surface area contributed by atoms with E-state index < -0.39 is 10.0 Å². The number of carbonyl (C=O) groups is 1. The third-order valence-electron chi connectivity index (χ3n) is 4.36. The molecular weight excluding hydrogens is 344 g/mol. The van der Waals surface area contributed by atoms with Crippen molar-refractivity contribution in [3.8, 4) is 0 Å². The third kappa shape index (κ3) is 5.22. The van der Waals surface area contributed by atoms with Crippen molar-refractivity contribution in [3.63, 3.8) is 0 Å². The lowest BCUT2D eigenvalue weighted by molar-refractivity contribution is -0.121. The summed E-state index contributed by atoms with van der Waals surface area (Å²) in [5, 5.41) is 3.10. The standard InChI is InChI=1S/C17H24N2O3S2/c20-17(18-14-9-11-23-12-10-14)8-3-13-1-6-16(7-2-13)24(21,22)19-15-4-5-15/h1-2,6-7,14-15,19H,3-5,8-12H2,(H,18,20). The number of thioether (sulfide) groups is 1. The summed E-state index contributed by atoms with van der Waals surface area (Å²) in [7, 11) is -3.40. The molecule has 1 aliphatic carbocycles. The summed E-state index contributed by atoms with van der Waals surface area (Å²) in [4.78, 5) is 12.3. The first-order chi connectivity index (χ1) is 11.5. The topological polar surface area (TPSA) is 75.3 Å². The minimum Gasteiger partial charge on any atom is -0.353 e. The second-order valence-electron chi connectivity index (χ2n) is 6.49. The van der Waals surface area contributed by atoms with Crippen LogP contribution >= 0.6 is 11.8 Å². The van der Waals surface area contributed by atoms with Gasteiger partial charge in [0.05, 0.1) is 4.90 Å². The molecule has 0 spiro atoms. The first-order valence-electron chi connectivity index (χ1n) is 8.51. The Labute approximate surface area is 148 Å². The van der Waals surface area contributed by atoms with Gasteiger partial charge in [0.15, 0.2) is 0 Å². The fourth-order valence-electron chi connectivity index (χ4n) is 2.72. The SMILES string of the molecule is O=C(CCc1ccc(S(=O)(=O)NC2CC2)cc1)NC1CCSCC1. The van der Waals surface area contributed by atoms with Gasteiger partial charge in [-0.25, -0.2) is 13.1 Å². The van der Waals surface area contributed by atoms with Crippen LogP contribution in [0.25, 0.3) is 0 Å². The molecule has 5 nitrogen and oxygen atoms in total. The van der Waals surface area contributed by atoms with E-state index in [4.69, 9.17) is 0 Å². The van der Waals surface area contributed by atoms with E-state index in [1.165, 1.54) is 0 Å². The Hall–Kier alpha value is -1.05. The zero-order valence-corrected chi connectivity index (χ0v) is 15.3. The molecule has 0 bridgehead atoms. The molecule has 0 aromatic heterocycles.